The fourth-order valence-electron chi connectivity index (χ4n) is 1.88. The van der Waals surface area contributed by atoms with Crippen LogP contribution in [-0.4, -0.2) is 17.6 Å². The van der Waals surface area contributed by atoms with E-state index in [1.54, 1.807) is 18.2 Å². The number of rotatable bonds is 3. The van der Waals surface area contributed by atoms with E-state index in [-0.39, 0.29) is 5.91 Å². The van der Waals surface area contributed by atoms with Crippen LogP contribution in [0.15, 0.2) is 58.5 Å². The maximum atomic E-state index is 11.9. The number of benzene rings is 2. The summed E-state index contributed by atoms with van der Waals surface area (Å²) in [6.07, 6.45) is 0. The average Bonchev–Trinajstić information content (AvgIpc) is 2.66. The summed E-state index contributed by atoms with van der Waals surface area (Å²) in [6.45, 7) is 0. The molecule has 21 heavy (non-hydrogen) atoms. The number of anilines is 1. The number of hydrogen-bond acceptors (Lipinski definition) is 5. The highest BCUT2D eigenvalue weighted by atomic mass is 32.2. The van der Waals surface area contributed by atoms with Gasteiger partial charge in [0.2, 0.25) is 5.90 Å². The van der Waals surface area contributed by atoms with Crippen molar-refractivity contribution in [3.63, 3.8) is 0 Å². The summed E-state index contributed by atoms with van der Waals surface area (Å²) in [6, 6.07) is 14.6. The summed E-state index contributed by atoms with van der Waals surface area (Å²) in [4.78, 5) is 12.8. The van der Waals surface area contributed by atoms with Crippen molar-refractivity contribution in [2.45, 2.75) is 4.90 Å². The first-order valence-electron chi connectivity index (χ1n) is 6.35. The van der Waals surface area contributed by atoms with Gasteiger partial charge in [-0.15, -0.1) is 16.9 Å². The van der Waals surface area contributed by atoms with Crippen LogP contribution in [-0.2, 0) is 0 Å². The third kappa shape index (κ3) is 3.00. The lowest BCUT2D eigenvalue weighted by Crippen LogP contribution is -2.18. The fraction of sp³-hybridized carbons (Fsp3) is 0.0667. The number of hydrogen-bond donors (Lipinski definition) is 2. The number of fused-ring (bicyclic) bond motifs is 1. The Balaban J connectivity index is 1.75. The van der Waals surface area contributed by atoms with Crippen molar-refractivity contribution in [1.29, 1.82) is 0 Å². The number of carbonyl (C=O) groups is 1. The Hall–Kier alpha value is -2.47. The number of thioether (sulfide) groups is 1. The van der Waals surface area contributed by atoms with E-state index >= 15 is 0 Å². The summed E-state index contributed by atoms with van der Waals surface area (Å²) < 4.78 is 5.69. The van der Waals surface area contributed by atoms with E-state index in [1.165, 1.54) is 11.8 Å². The van der Waals surface area contributed by atoms with E-state index in [1.807, 2.05) is 30.3 Å². The van der Waals surface area contributed by atoms with Crippen LogP contribution in [0.1, 0.15) is 10.4 Å². The Morgan fingerprint density at radius 1 is 1.14 bits per heavy atom. The molecule has 0 aromatic heterocycles. The second-order valence-electron chi connectivity index (χ2n) is 4.37. The van der Waals surface area contributed by atoms with E-state index in [4.69, 9.17) is 10.5 Å². The van der Waals surface area contributed by atoms with Gasteiger partial charge in [-0.05, 0) is 24.3 Å². The molecule has 2 aromatic rings. The summed E-state index contributed by atoms with van der Waals surface area (Å²) in [7, 11) is 0. The van der Waals surface area contributed by atoms with E-state index in [0.717, 1.165) is 4.90 Å². The number of carbonyl (C=O) groups excluding carboxylic acids is 1. The zero-order valence-electron chi connectivity index (χ0n) is 11.1. The third-order valence-electron chi connectivity index (χ3n) is 2.91. The molecule has 3 rings (SSSR count). The van der Waals surface area contributed by atoms with E-state index in [0.29, 0.717) is 28.7 Å². The SMILES string of the molecule is Nc1ccccc1SCC1=NNC(=O)c2ccccc2O1. The first-order chi connectivity index (χ1) is 10.2. The molecule has 3 N–H and O–H groups in total. The molecular formula is C15H13N3O2S. The minimum Gasteiger partial charge on any atom is -0.440 e. The number of nitrogens with zero attached hydrogens (tertiary/aromatic N) is 1. The number of para-hydroxylation sites is 2. The van der Waals surface area contributed by atoms with Gasteiger partial charge in [-0.25, -0.2) is 5.43 Å². The topological polar surface area (TPSA) is 76.7 Å². The number of amides is 1. The number of ether oxygens (including phenoxy) is 1. The molecule has 0 spiro atoms. The molecule has 0 unspecified atom stereocenters. The second-order valence-corrected chi connectivity index (χ2v) is 5.39. The third-order valence-corrected chi connectivity index (χ3v) is 3.99. The Bertz CT molecular complexity index is 716. The predicted molar refractivity (Wildman–Crippen MR) is 83.5 cm³/mol. The Kier molecular flexibility index (Phi) is 3.79. The van der Waals surface area contributed by atoms with Gasteiger partial charge < -0.3 is 10.5 Å². The number of nitrogens with two attached hydrogens (primary N) is 1. The Labute approximate surface area is 126 Å². The highest BCUT2D eigenvalue weighted by molar-refractivity contribution is 8.00. The maximum Gasteiger partial charge on any atom is 0.275 e. The molecule has 0 fully saturated rings. The molecule has 6 heteroatoms. The largest absolute Gasteiger partial charge is 0.440 e. The Morgan fingerprint density at radius 2 is 1.90 bits per heavy atom. The number of hydrazone groups is 1. The molecule has 5 nitrogen and oxygen atoms in total. The van der Waals surface area contributed by atoms with Crippen LogP contribution < -0.4 is 15.9 Å². The molecule has 0 aliphatic carbocycles. The van der Waals surface area contributed by atoms with E-state index in [2.05, 4.69) is 10.5 Å². The predicted octanol–water partition coefficient (Wildman–Crippen LogP) is 2.50. The average molecular weight is 299 g/mol. The first kappa shape index (κ1) is 13.5. The van der Waals surface area contributed by atoms with Gasteiger partial charge in [-0.1, -0.05) is 24.3 Å². The summed E-state index contributed by atoms with van der Waals surface area (Å²) in [5, 5.41) is 4.00. The molecule has 0 saturated heterocycles. The van der Waals surface area contributed by atoms with Crippen molar-refractivity contribution < 1.29 is 9.53 Å². The van der Waals surface area contributed by atoms with Crippen LogP contribution in [0.3, 0.4) is 0 Å². The van der Waals surface area contributed by atoms with Gasteiger partial charge in [0.25, 0.3) is 5.91 Å². The van der Waals surface area contributed by atoms with Crippen molar-refractivity contribution in [2.24, 2.45) is 5.10 Å². The van der Waals surface area contributed by atoms with Gasteiger partial charge in [0, 0.05) is 10.6 Å². The molecule has 1 amide bonds. The fourth-order valence-corrected chi connectivity index (χ4v) is 2.69. The molecule has 1 aliphatic heterocycles. The van der Waals surface area contributed by atoms with Gasteiger partial charge in [-0.3, -0.25) is 4.79 Å². The summed E-state index contributed by atoms with van der Waals surface area (Å²) in [5.41, 5.74) is 9.56. The molecule has 0 atom stereocenters. The minimum atomic E-state index is -0.273. The van der Waals surface area contributed by atoms with Crippen LogP contribution in [0.4, 0.5) is 5.69 Å². The van der Waals surface area contributed by atoms with E-state index < -0.39 is 0 Å². The van der Waals surface area contributed by atoms with Gasteiger partial charge in [-0.2, -0.15) is 0 Å². The maximum absolute atomic E-state index is 11.9. The normalized spacial score (nSPS) is 13.5. The minimum absolute atomic E-state index is 0.273. The van der Waals surface area contributed by atoms with Gasteiger partial charge >= 0.3 is 0 Å². The Morgan fingerprint density at radius 3 is 2.76 bits per heavy atom. The van der Waals surface area contributed by atoms with Crippen molar-refractivity contribution in [3.05, 3.63) is 54.1 Å². The summed E-state index contributed by atoms with van der Waals surface area (Å²) >= 11 is 1.51. The highest BCUT2D eigenvalue weighted by Gasteiger charge is 2.18. The van der Waals surface area contributed by atoms with Crippen molar-refractivity contribution in [3.8, 4) is 5.75 Å². The molecule has 0 radical (unpaired) electrons. The van der Waals surface area contributed by atoms with Crippen LogP contribution in [0.5, 0.6) is 5.75 Å². The van der Waals surface area contributed by atoms with Crippen molar-refractivity contribution in [2.75, 3.05) is 11.5 Å². The zero-order valence-corrected chi connectivity index (χ0v) is 11.9. The quantitative estimate of drug-likeness (QED) is 0.674. The standard InChI is InChI=1S/C15H13N3O2S/c16-11-6-2-4-8-13(11)21-9-14-17-18-15(19)10-5-1-3-7-12(10)20-14/h1-8H,9,16H2,(H,18,19). The van der Waals surface area contributed by atoms with Crippen LogP contribution >= 0.6 is 11.8 Å². The molecule has 0 bridgehead atoms. The van der Waals surface area contributed by atoms with Crippen LogP contribution in [0.2, 0.25) is 0 Å². The van der Waals surface area contributed by atoms with Gasteiger partial charge in [0.1, 0.15) is 5.75 Å². The molecule has 1 heterocycles. The molecular weight excluding hydrogens is 286 g/mol. The van der Waals surface area contributed by atoms with Gasteiger partial charge in [0.15, 0.2) is 0 Å². The first-order valence-corrected chi connectivity index (χ1v) is 7.33. The van der Waals surface area contributed by atoms with Crippen molar-refractivity contribution in [1.82, 2.24) is 5.43 Å². The molecule has 2 aromatic carbocycles. The van der Waals surface area contributed by atoms with Crippen LogP contribution in [0, 0.1) is 0 Å². The van der Waals surface area contributed by atoms with Gasteiger partial charge in [0.05, 0.1) is 11.3 Å². The molecule has 1 aliphatic rings. The summed E-state index contributed by atoms with van der Waals surface area (Å²) in [5.74, 6) is 1.14. The van der Waals surface area contributed by atoms with Crippen molar-refractivity contribution >= 4 is 29.3 Å². The lowest BCUT2D eigenvalue weighted by Gasteiger charge is -2.08. The second kappa shape index (κ2) is 5.88. The monoisotopic (exact) mass is 299 g/mol. The molecule has 106 valence electrons. The highest BCUT2D eigenvalue weighted by Crippen LogP contribution is 2.26. The zero-order chi connectivity index (χ0) is 14.7. The number of nitrogens with one attached hydrogen (secondary N) is 1. The van der Waals surface area contributed by atoms with E-state index in [9.17, 15) is 4.79 Å². The lowest BCUT2D eigenvalue weighted by atomic mass is 10.2. The molecule has 0 saturated carbocycles. The lowest BCUT2D eigenvalue weighted by molar-refractivity contribution is 0.0955. The number of nitrogen functional groups attached to an aromatic ring is 1. The smallest absolute Gasteiger partial charge is 0.275 e. The van der Waals surface area contributed by atoms with Crippen LogP contribution in [0.25, 0.3) is 0 Å².